The fraction of sp³-hybridized carbons (Fsp3) is 0.304. The maximum absolute atomic E-state index is 13.3. The Kier molecular flexibility index (Phi) is 7.00. The predicted molar refractivity (Wildman–Crippen MR) is 125 cm³/mol. The van der Waals surface area contributed by atoms with Gasteiger partial charge >= 0.3 is 0 Å². The number of hydrogen-bond acceptors (Lipinski definition) is 5. The molecule has 3 rings (SSSR count). The minimum absolute atomic E-state index is 0.0310. The van der Waals surface area contributed by atoms with Crippen LogP contribution < -0.4 is 15.1 Å². The van der Waals surface area contributed by atoms with Crippen LogP contribution in [0.15, 0.2) is 52.3 Å². The van der Waals surface area contributed by atoms with Crippen LogP contribution in [0.1, 0.15) is 27.9 Å². The second kappa shape index (κ2) is 9.54. The van der Waals surface area contributed by atoms with E-state index in [4.69, 9.17) is 4.74 Å². The summed E-state index contributed by atoms with van der Waals surface area (Å²) >= 11 is 0. The van der Waals surface area contributed by atoms with E-state index in [0.29, 0.717) is 30.8 Å². The number of sulfonamides is 1. The highest BCUT2D eigenvalue weighted by atomic mass is 32.2. The number of carbonyl (C=O) groups excluding carboxylic acids is 1. The Labute approximate surface area is 187 Å². The normalized spacial score (nSPS) is 11.5. The molecule has 0 bridgehead atoms. The number of aryl methyl sites for hydroxylation is 2. The molecule has 0 aliphatic heterocycles. The molecule has 0 fully saturated rings. The summed E-state index contributed by atoms with van der Waals surface area (Å²) in [7, 11) is -0.877. The maximum atomic E-state index is 13.3. The molecule has 0 saturated heterocycles. The van der Waals surface area contributed by atoms with Crippen LogP contribution in [0.2, 0.25) is 0 Å². The van der Waals surface area contributed by atoms with Gasteiger partial charge in [0.05, 0.1) is 10.6 Å². The van der Waals surface area contributed by atoms with E-state index < -0.39 is 21.4 Å². The van der Waals surface area contributed by atoms with Gasteiger partial charge in [0.1, 0.15) is 5.56 Å². The summed E-state index contributed by atoms with van der Waals surface area (Å²) in [5.41, 5.74) is 2.14. The van der Waals surface area contributed by atoms with Crippen LogP contribution in [-0.2, 0) is 14.8 Å². The SMILES string of the molecule is COCCCNC(=O)c1c[nH]c2ccc(S(=O)(=O)N(C)c3cc(C)ccc3C)cc2c1=O. The zero-order valence-corrected chi connectivity index (χ0v) is 19.4. The molecule has 0 unspecified atom stereocenters. The first-order valence-electron chi connectivity index (χ1n) is 10.2. The summed E-state index contributed by atoms with van der Waals surface area (Å²) < 4.78 is 32.7. The molecule has 8 nitrogen and oxygen atoms in total. The Hall–Kier alpha value is -3.17. The first kappa shape index (κ1) is 23.5. The van der Waals surface area contributed by atoms with E-state index in [-0.39, 0.29) is 15.8 Å². The number of fused-ring (bicyclic) bond motifs is 1. The second-order valence-electron chi connectivity index (χ2n) is 7.60. The number of hydrogen-bond donors (Lipinski definition) is 2. The number of rotatable bonds is 8. The Morgan fingerprint density at radius 2 is 1.91 bits per heavy atom. The van der Waals surface area contributed by atoms with Crippen LogP contribution in [0.4, 0.5) is 5.69 Å². The topological polar surface area (TPSA) is 109 Å². The summed E-state index contributed by atoms with van der Waals surface area (Å²) in [5.74, 6) is -0.523. The van der Waals surface area contributed by atoms with Crippen molar-refractivity contribution in [1.82, 2.24) is 10.3 Å². The number of aromatic amines is 1. The van der Waals surface area contributed by atoms with Crippen LogP contribution >= 0.6 is 0 Å². The van der Waals surface area contributed by atoms with E-state index >= 15 is 0 Å². The monoisotopic (exact) mass is 457 g/mol. The molecular weight excluding hydrogens is 430 g/mol. The number of pyridine rings is 1. The van der Waals surface area contributed by atoms with Crippen LogP contribution in [0, 0.1) is 13.8 Å². The zero-order chi connectivity index (χ0) is 23.5. The lowest BCUT2D eigenvalue weighted by Gasteiger charge is -2.22. The third-order valence-electron chi connectivity index (χ3n) is 5.27. The quantitative estimate of drug-likeness (QED) is 0.506. The van der Waals surface area contributed by atoms with Crippen molar-refractivity contribution in [2.45, 2.75) is 25.2 Å². The minimum atomic E-state index is -3.93. The molecule has 0 aliphatic rings. The molecule has 0 spiro atoms. The van der Waals surface area contributed by atoms with Crippen molar-refractivity contribution < 1.29 is 17.9 Å². The number of benzene rings is 2. The first-order valence-corrected chi connectivity index (χ1v) is 11.6. The van der Waals surface area contributed by atoms with Gasteiger partial charge in [0.15, 0.2) is 0 Å². The van der Waals surface area contributed by atoms with E-state index in [0.717, 1.165) is 11.1 Å². The smallest absolute Gasteiger partial charge is 0.264 e. The summed E-state index contributed by atoms with van der Waals surface area (Å²) in [4.78, 5) is 28.3. The number of nitrogens with zero attached hydrogens (tertiary/aromatic N) is 1. The van der Waals surface area contributed by atoms with Gasteiger partial charge in [-0.1, -0.05) is 12.1 Å². The molecule has 32 heavy (non-hydrogen) atoms. The second-order valence-corrected chi connectivity index (χ2v) is 9.57. The molecule has 2 N–H and O–H groups in total. The van der Waals surface area contributed by atoms with Crippen molar-refractivity contribution in [3.05, 3.63) is 69.5 Å². The average Bonchev–Trinajstić information content (AvgIpc) is 2.77. The number of aromatic nitrogens is 1. The standard InChI is InChI=1S/C23H27N3O5S/c1-15-6-7-16(2)21(12-15)26(3)32(29,30)17-8-9-20-18(13-17)22(27)19(14-25-20)23(28)24-10-5-11-31-4/h6-9,12-14H,5,10-11H2,1-4H3,(H,24,28)(H,25,27). The van der Waals surface area contributed by atoms with Crippen molar-refractivity contribution in [1.29, 1.82) is 0 Å². The molecule has 0 saturated carbocycles. The number of nitrogens with one attached hydrogen (secondary N) is 2. The Balaban J connectivity index is 1.99. The highest BCUT2D eigenvalue weighted by Gasteiger charge is 2.24. The van der Waals surface area contributed by atoms with E-state index in [1.54, 1.807) is 13.2 Å². The maximum Gasteiger partial charge on any atom is 0.264 e. The molecule has 1 heterocycles. The number of H-pyrrole nitrogens is 1. The van der Waals surface area contributed by atoms with E-state index in [1.165, 1.54) is 35.7 Å². The van der Waals surface area contributed by atoms with Crippen LogP contribution in [0.3, 0.4) is 0 Å². The molecule has 0 atom stereocenters. The molecule has 2 aromatic carbocycles. The number of methoxy groups -OCH3 is 1. The van der Waals surface area contributed by atoms with E-state index in [2.05, 4.69) is 10.3 Å². The van der Waals surface area contributed by atoms with Crippen molar-refractivity contribution >= 4 is 32.5 Å². The van der Waals surface area contributed by atoms with Gasteiger partial charge in [0, 0.05) is 44.4 Å². The van der Waals surface area contributed by atoms with Crippen LogP contribution in [-0.4, -0.2) is 46.6 Å². The van der Waals surface area contributed by atoms with E-state index in [1.807, 2.05) is 26.0 Å². The highest BCUT2D eigenvalue weighted by molar-refractivity contribution is 7.92. The third-order valence-corrected chi connectivity index (χ3v) is 7.04. The number of anilines is 1. The number of ether oxygens (including phenoxy) is 1. The van der Waals surface area contributed by atoms with Crippen molar-refractivity contribution in [2.24, 2.45) is 0 Å². The lowest BCUT2D eigenvalue weighted by atomic mass is 10.1. The molecule has 3 aromatic rings. The molecule has 9 heteroatoms. The van der Waals surface area contributed by atoms with Crippen molar-refractivity contribution in [2.75, 3.05) is 31.6 Å². The van der Waals surface area contributed by atoms with Crippen molar-refractivity contribution in [3.63, 3.8) is 0 Å². The Bertz CT molecular complexity index is 1310. The average molecular weight is 458 g/mol. The van der Waals surface area contributed by atoms with Gasteiger partial charge < -0.3 is 15.0 Å². The fourth-order valence-corrected chi connectivity index (χ4v) is 4.67. The first-order chi connectivity index (χ1) is 15.2. The molecule has 0 aliphatic carbocycles. The van der Waals surface area contributed by atoms with Gasteiger partial charge in [-0.25, -0.2) is 8.42 Å². The summed E-state index contributed by atoms with van der Waals surface area (Å²) in [5, 5.41) is 2.80. The third kappa shape index (κ3) is 4.68. The van der Waals surface area contributed by atoms with Gasteiger partial charge in [-0.3, -0.25) is 13.9 Å². The van der Waals surface area contributed by atoms with Gasteiger partial charge in [0.25, 0.3) is 15.9 Å². The van der Waals surface area contributed by atoms with Gasteiger partial charge in [0.2, 0.25) is 5.43 Å². The summed E-state index contributed by atoms with van der Waals surface area (Å²) in [6.07, 6.45) is 1.95. The zero-order valence-electron chi connectivity index (χ0n) is 18.6. The van der Waals surface area contributed by atoms with E-state index in [9.17, 15) is 18.0 Å². The van der Waals surface area contributed by atoms with Crippen molar-refractivity contribution in [3.8, 4) is 0 Å². The summed E-state index contributed by atoms with van der Waals surface area (Å²) in [6.45, 7) is 4.58. The lowest BCUT2D eigenvalue weighted by molar-refractivity contribution is 0.0947. The van der Waals surface area contributed by atoms with Gasteiger partial charge in [-0.15, -0.1) is 0 Å². The molecular formula is C23H27N3O5S. The predicted octanol–water partition coefficient (Wildman–Crippen LogP) is 2.74. The Morgan fingerprint density at radius 1 is 1.16 bits per heavy atom. The molecule has 1 amide bonds. The molecule has 170 valence electrons. The molecule has 1 aromatic heterocycles. The number of amides is 1. The van der Waals surface area contributed by atoms with Gasteiger partial charge in [-0.05, 0) is 55.7 Å². The van der Waals surface area contributed by atoms with Gasteiger partial charge in [-0.2, -0.15) is 0 Å². The number of carbonyl (C=O) groups is 1. The Morgan fingerprint density at radius 3 is 2.62 bits per heavy atom. The van der Waals surface area contributed by atoms with Crippen LogP contribution in [0.25, 0.3) is 10.9 Å². The van der Waals surface area contributed by atoms with Crippen LogP contribution in [0.5, 0.6) is 0 Å². The lowest BCUT2D eigenvalue weighted by Crippen LogP contribution is -2.30. The largest absolute Gasteiger partial charge is 0.385 e. The highest BCUT2D eigenvalue weighted by Crippen LogP contribution is 2.27. The fourth-order valence-electron chi connectivity index (χ4n) is 3.39. The minimum Gasteiger partial charge on any atom is -0.385 e. The molecule has 0 radical (unpaired) electrons. The summed E-state index contributed by atoms with van der Waals surface area (Å²) in [6, 6.07) is 9.86.